The van der Waals surface area contributed by atoms with E-state index < -0.39 is 11.1 Å². The maximum Gasteiger partial charge on any atom is 0.330 e. The van der Waals surface area contributed by atoms with Crippen LogP contribution in [0.3, 0.4) is 0 Å². The molecule has 1 fully saturated rings. The van der Waals surface area contributed by atoms with Crippen LogP contribution in [0, 0.1) is 11.4 Å². The Morgan fingerprint density at radius 1 is 1.19 bits per heavy atom. The van der Waals surface area contributed by atoms with Crippen molar-refractivity contribution in [2.75, 3.05) is 0 Å². The SMILES string of the molecule is CC1(C)N([O])C([C]2[N][N][N][N]2)=[N+]([O-])C1(C)C. The van der Waals surface area contributed by atoms with Crippen molar-refractivity contribution in [3.8, 4) is 0 Å². The standard InChI is InChI=1S/C8H12N6O2/c1-7(2)8(3,4)14(16)6(13(7)15)5-9-11-12-10-5/h1-4H3. The molecule has 0 bridgehead atoms. The Morgan fingerprint density at radius 2 is 1.69 bits per heavy atom. The van der Waals surface area contributed by atoms with E-state index in [1.54, 1.807) is 27.7 Å². The highest BCUT2D eigenvalue weighted by molar-refractivity contribution is 5.91. The first-order valence-electron chi connectivity index (χ1n) is 4.81. The molecule has 2 aliphatic heterocycles. The summed E-state index contributed by atoms with van der Waals surface area (Å²) in [5.41, 5.74) is 11.9. The predicted octanol–water partition coefficient (Wildman–Crippen LogP) is -1.22. The van der Waals surface area contributed by atoms with Crippen LogP contribution in [0.15, 0.2) is 0 Å². The molecule has 1 saturated heterocycles. The molecule has 8 heteroatoms. The van der Waals surface area contributed by atoms with Crippen LogP contribution in [-0.4, -0.2) is 26.7 Å². The zero-order valence-corrected chi connectivity index (χ0v) is 9.50. The molecule has 0 aromatic carbocycles. The van der Waals surface area contributed by atoms with Crippen molar-refractivity contribution in [1.82, 2.24) is 27.0 Å². The summed E-state index contributed by atoms with van der Waals surface area (Å²) >= 11 is 0. The van der Waals surface area contributed by atoms with Crippen molar-refractivity contribution in [2.45, 2.75) is 38.8 Å². The highest BCUT2D eigenvalue weighted by Crippen LogP contribution is 2.37. The van der Waals surface area contributed by atoms with Gasteiger partial charge in [0.15, 0.2) is 5.54 Å². The summed E-state index contributed by atoms with van der Waals surface area (Å²) in [4.78, 5) is 0. The van der Waals surface area contributed by atoms with Gasteiger partial charge in [0, 0.05) is 5.21 Å². The summed E-state index contributed by atoms with van der Waals surface area (Å²) in [6.07, 6.45) is -0.0383. The Balaban J connectivity index is 2.40. The van der Waals surface area contributed by atoms with Crippen molar-refractivity contribution >= 4 is 5.84 Å². The second-order valence-corrected chi connectivity index (χ2v) is 4.73. The Bertz CT molecular complexity index is 333. The Kier molecular flexibility index (Phi) is 2.37. The van der Waals surface area contributed by atoms with E-state index in [-0.39, 0.29) is 12.0 Å². The number of nitrogens with zero attached hydrogens (tertiary/aromatic N) is 6. The first kappa shape index (κ1) is 11.6. The summed E-state index contributed by atoms with van der Waals surface area (Å²) < 4.78 is 0.624. The molecule has 0 N–H and O–H groups in total. The highest BCUT2D eigenvalue weighted by Gasteiger charge is 2.62. The molecule has 0 aromatic heterocycles. The molecule has 0 saturated carbocycles. The van der Waals surface area contributed by atoms with Crippen LogP contribution in [0.2, 0.25) is 0 Å². The Morgan fingerprint density at radius 3 is 2.06 bits per heavy atom. The van der Waals surface area contributed by atoms with E-state index in [0.29, 0.717) is 9.80 Å². The lowest BCUT2D eigenvalue weighted by atomic mass is 9.84. The molecular weight excluding hydrogens is 212 g/mol. The van der Waals surface area contributed by atoms with Crippen LogP contribution in [0.1, 0.15) is 27.7 Å². The fraction of sp³-hybridized carbons (Fsp3) is 0.750. The molecule has 16 heavy (non-hydrogen) atoms. The van der Waals surface area contributed by atoms with Crippen LogP contribution in [0.4, 0.5) is 0 Å². The average molecular weight is 224 g/mol. The Labute approximate surface area is 93.8 Å². The van der Waals surface area contributed by atoms with Gasteiger partial charge in [-0.2, -0.15) is 0 Å². The smallest absolute Gasteiger partial charge is 0.330 e. The minimum absolute atomic E-state index is 0.0383. The van der Waals surface area contributed by atoms with Crippen LogP contribution in [0.25, 0.3) is 0 Å². The van der Waals surface area contributed by atoms with Crippen LogP contribution in [0.5, 0.6) is 0 Å². The molecule has 0 atom stereocenters. The molecule has 2 rings (SSSR count). The van der Waals surface area contributed by atoms with Crippen molar-refractivity contribution in [3.05, 3.63) is 11.4 Å². The van der Waals surface area contributed by atoms with Gasteiger partial charge in [0.2, 0.25) is 0 Å². The van der Waals surface area contributed by atoms with Gasteiger partial charge >= 0.3 is 5.84 Å². The summed E-state index contributed by atoms with van der Waals surface area (Å²) in [5, 5.41) is 24.7. The molecule has 0 spiro atoms. The van der Waals surface area contributed by atoms with Crippen LogP contribution < -0.4 is 21.9 Å². The van der Waals surface area contributed by atoms with Crippen LogP contribution >= 0.6 is 0 Å². The third kappa shape index (κ3) is 1.25. The van der Waals surface area contributed by atoms with E-state index in [9.17, 15) is 10.4 Å². The molecule has 2 aliphatic rings. The predicted molar refractivity (Wildman–Crippen MR) is 51.1 cm³/mol. The molecule has 0 amide bonds. The van der Waals surface area contributed by atoms with Gasteiger partial charge in [-0.3, -0.25) is 4.74 Å². The fourth-order valence-corrected chi connectivity index (χ4v) is 1.52. The molecule has 2 heterocycles. The number of hydrogen-bond donors (Lipinski definition) is 0. The summed E-state index contributed by atoms with van der Waals surface area (Å²) in [6.45, 7) is 6.78. The maximum atomic E-state index is 12.1. The zero-order valence-electron chi connectivity index (χ0n) is 9.50. The van der Waals surface area contributed by atoms with Gasteiger partial charge in [-0.15, -0.1) is 0 Å². The minimum Gasteiger partial charge on any atom is -0.715 e. The number of amidine groups is 1. The monoisotopic (exact) mass is 224 g/mol. The highest BCUT2D eigenvalue weighted by atomic mass is 16.5. The lowest BCUT2D eigenvalue weighted by Crippen LogP contribution is -2.53. The molecular formula is C8H12N6O2. The topological polar surface area (TPSA) is 106 Å². The van der Waals surface area contributed by atoms with Crippen LogP contribution in [-0.2, 0) is 5.21 Å². The number of rotatable bonds is 1. The summed E-state index contributed by atoms with van der Waals surface area (Å²) in [5.74, 6) is -0.139. The first-order chi connectivity index (χ1) is 7.30. The van der Waals surface area contributed by atoms with Gasteiger partial charge in [-0.05, 0) is 38.8 Å². The van der Waals surface area contributed by atoms with E-state index in [2.05, 4.69) is 21.9 Å². The zero-order chi connectivity index (χ0) is 12.1. The average Bonchev–Trinajstić information content (AvgIpc) is 2.73. The van der Waals surface area contributed by atoms with Gasteiger partial charge in [-0.1, -0.05) is 15.9 Å². The molecule has 0 aromatic rings. The summed E-state index contributed by atoms with van der Waals surface area (Å²) in [6, 6.07) is 0. The van der Waals surface area contributed by atoms with Crippen molar-refractivity contribution in [3.63, 3.8) is 0 Å². The third-order valence-corrected chi connectivity index (χ3v) is 3.42. The van der Waals surface area contributed by atoms with Gasteiger partial charge in [0.1, 0.15) is 5.54 Å². The van der Waals surface area contributed by atoms with Crippen molar-refractivity contribution < 1.29 is 9.95 Å². The van der Waals surface area contributed by atoms with E-state index in [0.717, 1.165) is 0 Å². The largest absolute Gasteiger partial charge is 0.715 e. The molecule has 6 radical (unpaired) electrons. The number of hydrogen-bond acceptors (Lipinski definition) is 2. The van der Waals surface area contributed by atoms with Gasteiger partial charge < -0.3 is 5.21 Å². The second kappa shape index (κ2) is 3.28. The first-order valence-corrected chi connectivity index (χ1v) is 4.81. The Hall–Kier alpha value is -0.930. The molecule has 0 aliphatic carbocycles. The molecule has 86 valence electrons. The van der Waals surface area contributed by atoms with E-state index in [4.69, 9.17) is 0 Å². The number of hydroxylamine groups is 3. The molecule has 0 unspecified atom stereocenters. The quantitative estimate of drug-likeness (QED) is 0.411. The third-order valence-electron chi connectivity index (χ3n) is 3.42. The van der Waals surface area contributed by atoms with Gasteiger partial charge in [-0.25, -0.2) is 0 Å². The van der Waals surface area contributed by atoms with Gasteiger partial charge in [0.25, 0.3) is 6.17 Å². The van der Waals surface area contributed by atoms with E-state index >= 15 is 0 Å². The van der Waals surface area contributed by atoms with E-state index in [1.807, 2.05) is 0 Å². The maximum absolute atomic E-state index is 12.1. The summed E-state index contributed by atoms with van der Waals surface area (Å²) in [7, 11) is 0. The fourth-order valence-electron chi connectivity index (χ4n) is 1.52. The van der Waals surface area contributed by atoms with Gasteiger partial charge in [0.05, 0.1) is 0 Å². The van der Waals surface area contributed by atoms with E-state index in [1.165, 1.54) is 0 Å². The normalized spacial score (nSPS) is 29.2. The second-order valence-electron chi connectivity index (χ2n) is 4.73. The lowest BCUT2D eigenvalue weighted by Gasteiger charge is -2.32. The van der Waals surface area contributed by atoms with Crippen molar-refractivity contribution in [2.24, 2.45) is 0 Å². The van der Waals surface area contributed by atoms with Crippen molar-refractivity contribution in [1.29, 1.82) is 0 Å². The lowest BCUT2D eigenvalue weighted by molar-refractivity contribution is -0.540. The molecule has 8 nitrogen and oxygen atoms in total. The minimum atomic E-state index is -0.870.